The molecule has 86 valence electrons. The number of furan rings is 1. The molecule has 4 nitrogen and oxygen atoms in total. The van der Waals surface area contributed by atoms with Crippen LogP contribution in [-0.4, -0.2) is 16.5 Å². The Labute approximate surface area is 103 Å². The average molecular weight is 248 g/mol. The number of benzene rings is 1. The summed E-state index contributed by atoms with van der Waals surface area (Å²) >= 11 is 5.98. The number of aromatic nitrogens is 2. The van der Waals surface area contributed by atoms with Crippen LogP contribution in [0, 0.1) is 0 Å². The molecular weight excluding hydrogens is 238 g/mol. The van der Waals surface area contributed by atoms with Crippen molar-refractivity contribution in [2.45, 2.75) is 6.92 Å². The van der Waals surface area contributed by atoms with Gasteiger partial charge in [0.05, 0.1) is 6.20 Å². The van der Waals surface area contributed by atoms with Gasteiger partial charge in [-0.3, -0.25) is 0 Å². The number of hydrogen-bond acceptors (Lipinski definition) is 4. The van der Waals surface area contributed by atoms with Crippen molar-refractivity contribution in [2.75, 3.05) is 11.9 Å². The van der Waals surface area contributed by atoms with Gasteiger partial charge in [0.15, 0.2) is 5.58 Å². The molecule has 0 fully saturated rings. The van der Waals surface area contributed by atoms with E-state index in [9.17, 15) is 0 Å². The third-order valence-corrected chi connectivity index (χ3v) is 2.74. The van der Waals surface area contributed by atoms with Crippen molar-refractivity contribution in [1.29, 1.82) is 0 Å². The van der Waals surface area contributed by atoms with Crippen molar-refractivity contribution < 1.29 is 4.42 Å². The maximum Gasteiger partial charge on any atom is 0.223 e. The first kappa shape index (κ1) is 10.4. The first-order chi connectivity index (χ1) is 8.28. The normalized spacial score (nSPS) is 11.2. The van der Waals surface area contributed by atoms with Crippen LogP contribution in [0.5, 0.6) is 0 Å². The first-order valence-electron chi connectivity index (χ1n) is 5.36. The van der Waals surface area contributed by atoms with Gasteiger partial charge in [-0.05, 0) is 25.1 Å². The Hall–Kier alpha value is -1.81. The second-order valence-electron chi connectivity index (χ2n) is 3.68. The molecular formula is C12H10ClN3O. The number of halogens is 1. The zero-order valence-electron chi connectivity index (χ0n) is 9.20. The van der Waals surface area contributed by atoms with E-state index in [0.717, 1.165) is 23.0 Å². The highest BCUT2D eigenvalue weighted by atomic mass is 35.5. The van der Waals surface area contributed by atoms with Gasteiger partial charge in [-0.1, -0.05) is 11.6 Å². The SMILES string of the molecule is CCNc1ncc2oc3ccc(Cl)cc3c2n1. The van der Waals surface area contributed by atoms with Gasteiger partial charge in [-0.25, -0.2) is 9.97 Å². The van der Waals surface area contributed by atoms with Gasteiger partial charge in [0.1, 0.15) is 11.1 Å². The average Bonchev–Trinajstić information content (AvgIpc) is 2.67. The minimum Gasteiger partial charge on any atom is -0.453 e. The van der Waals surface area contributed by atoms with E-state index in [-0.39, 0.29) is 0 Å². The summed E-state index contributed by atoms with van der Waals surface area (Å²) in [5, 5.41) is 4.65. The van der Waals surface area contributed by atoms with Crippen molar-refractivity contribution in [2.24, 2.45) is 0 Å². The lowest BCUT2D eigenvalue weighted by Crippen LogP contribution is -2.00. The fourth-order valence-electron chi connectivity index (χ4n) is 1.78. The highest BCUT2D eigenvalue weighted by Gasteiger charge is 2.09. The van der Waals surface area contributed by atoms with E-state index < -0.39 is 0 Å². The number of rotatable bonds is 2. The van der Waals surface area contributed by atoms with Crippen LogP contribution in [-0.2, 0) is 0 Å². The number of nitrogens with zero attached hydrogens (tertiary/aromatic N) is 2. The fourth-order valence-corrected chi connectivity index (χ4v) is 1.95. The zero-order chi connectivity index (χ0) is 11.8. The Morgan fingerprint density at radius 1 is 1.35 bits per heavy atom. The monoisotopic (exact) mass is 247 g/mol. The summed E-state index contributed by atoms with van der Waals surface area (Å²) in [7, 11) is 0. The molecule has 3 rings (SSSR count). The van der Waals surface area contributed by atoms with E-state index in [1.807, 2.05) is 19.1 Å². The molecule has 0 amide bonds. The second-order valence-corrected chi connectivity index (χ2v) is 4.12. The highest BCUT2D eigenvalue weighted by Crippen LogP contribution is 2.29. The van der Waals surface area contributed by atoms with E-state index in [1.165, 1.54) is 0 Å². The van der Waals surface area contributed by atoms with Crippen LogP contribution >= 0.6 is 11.6 Å². The topological polar surface area (TPSA) is 51.0 Å². The lowest BCUT2D eigenvalue weighted by Gasteiger charge is -1.99. The molecule has 0 unspecified atom stereocenters. The summed E-state index contributed by atoms with van der Waals surface area (Å²) < 4.78 is 5.63. The quantitative estimate of drug-likeness (QED) is 0.753. The number of nitrogens with one attached hydrogen (secondary N) is 1. The Balaban J connectivity index is 2.31. The largest absolute Gasteiger partial charge is 0.453 e. The molecule has 0 aliphatic heterocycles. The van der Waals surface area contributed by atoms with Gasteiger partial charge < -0.3 is 9.73 Å². The molecule has 17 heavy (non-hydrogen) atoms. The predicted molar refractivity (Wildman–Crippen MR) is 68.5 cm³/mol. The van der Waals surface area contributed by atoms with E-state index in [2.05, 4.69) is 15.3 Å². The molecule has 0 aliphatic carbocycles. The molecule has 1 aromatic carbocycles. The van der Waals surface area contributed by atoms with Gasteiger partial charge in [0.25, 0.3) is 0 Å². The summed E-state index contributed by atoms with van der Waals surface area (Å²) in [5.41, 5.74) is 2.23. The molecule has 0 radical (unpaired) electrons. The molecule has 0 saturated heterocycles. The molecule has 0 bridgehead atoms. The summed E-state index contributed by atoms with van der Waals surface area (Å²) in [5.74, 6) is 0.600. The molecule has 1 N–H and O–H groups in total. The lowest BCUT2D eigenvalue weighted by atomic mass is 10.2. The van der Waals surface area contributed by atoms with Gasteiger partial charge in [0, 0.05) is 17.0 Å². The number of anilines is 1. The molecule has 0 atom stereocenters. The molecule has 2 heterocycles. The van der Waals surface area contributed by atoms with E-state index in [0.29, 0.717) is 16.6 Å². The summed E-state index contributed by atoms with van der Waals surface area (Å²) in [6.45, 7) is 2.78. The first-order valence-corrected chi connectivity index (χ1v) is 5.74. The number of fused-ring (bicyclic) bond motifs is 3. The maximum atomic E-state index is 5.98. The Morgan fingerprint density at radius 2 is 2.24 bits per heavy atom. The van der Waals surface area contributed by atoms with Crippen LogP contribution in [0.4, 0.5) is 5.95 Å². The Kier molecular flexibility index (Phi) is 2.37. The standard InChI is InChI=1S/C12H10ClN3O/c1-2-14-12-15-6-10-11(16-12)8-5-7(13)3-4-9(8)17-10/h3-6H,2H2,1H3,(H,14,15,16). The van der Waals surface area contributed by atoms with Crippen molar-refractivity contribution in [3.8, 4) is 0 Å². The van der Waals surface area contributed by atoms with E-state index >= 15 is 0 Å². The van der Waals surface area contributed by atoms with Crippen molar-refractivity contribution >= 4 is 39.6 Å². The Morgan fingerprint density at radius 3 is 3.06 bits per heavy atom. The molecule has 0 spiro atoms. The maximum absolute atomic E-state index is 5.98. The van der Waals surface area contributed by atoms with Gasteiger partial charge in [-0.2, -0.15) is 0 Å². The van der Waals surface area contributed by atoms with E-state index in [1.54, 1.807) is 12.3 Å². The Bertz CT molecular complexity index is 693. The third kappa shape index (κ3) is 1.70. The van der Waals surface area contributed by atoms with Crippen LogP contribution < -0.4 is 5.32 Å². The van der Waals surface area contributed by atoms with Gasteiger partial charge in [-0.15, -0.1) is 0 Å². The molecule has 0 aliphatic rings. The van der Waals surface area contributed by atoms with Crippen LogP contribution in [0.15, 0.2) is 28.8 Å². The van der Waals surface area contributed by atoms with Crippen molar-refractivity contribution in [1.82, 2.24) is 9.97 Å². The lowest BCUT2D eigenvalue weighted by molar-refractivity contribution is 0.666. The summed E-state index contributed by atoms with van der Waals surface area (Å²) in [6.07, 6.45) is 1.67. The molecule has 2 aromatic heterocycles. The fraction of sp³-hybridized carbons (Fsp3) is 0.167. The third-order valence-electron chi connectivity index (χ3n) is 2.51. The molecule has 3 aromatic rings. The zero-order valence-corrected chi connectivity index (χ0v) is 9.95. The predicted octanol–water partition coefficient (Wildman–Crippen LogP) is 3.46. The second kappa shape index (κ2) is 3.89. The van der Waals surface area contributed by atoms with Crippen molar-refractivity contribution in [3.05, 3.63) is 29.4 Å². The molecule has 5 heteroatoms. The smallest absolute Gasteiger partial charge is 0.223 e. The van der Waals surface area contributed by atoms with Crippen LogP contribution in [0.3, 0.4) is 0 Å². The van der Waals surface area contributed by atoms with Gasteiger partial charge in [0.2, 0.25) is 5.95 Å². The summed E-state index contributed by atoms with van der Waals surface area (Å²) in [6, 6.07) is 5.49. The van der Waals surface area contributed by atoms with Crippen LogP contribution in [0.25, 0.3) is 22.1 Å². The number of hydrogen-bond donors (Lipinski definition) is 1. The summed E-state index contributed by atoms with van der Waals surface area (Å²) in [4.78, 5) is 8.58. The van der Waals surface area contributed by atoms with Crippen LogP contribution in [0.2, 0.25) is 5.02 Å². The van der Waals surface area contributed by atoms with E-state index in [4.69, 9.17) is 16.0 Å². The molecule has 0 saturated carbocycles. The highest BCUT2D eigenvalue weighted by molar-refractivity contribution is 6.31. The minimum atomic E-state index is 0.600. The minimum absolute atomic E-state index is 0.600. The van der Waals surface area contributed by atoms with Crippen molar-refractivity contribution in [3.63, 3.8) is 0 Å². The van der Waals surface area contributed by atoms with Gasteiger partial charge >= 0.3 is 0 Å². The van der Waals surface area contributed by atoms with Crippen LogP contribution in [0.1, 0.15) is 6.92 Å².